The van der Waals surface area contributed by atoms with E-state index in [0.29, 0.717) is 53.0 Å². The number of halogens is 2. The van der Waals surface area contributed by atoms with Crippen molar-refractivity contribution >= 4 is 41.3 Å². The Labute approximate surface area is 161 Å². The van der Waals surface area contributed by atoms with Crippen LogP contribution in [-0.4, -0.2) is 33.8 Å². The molecular weight excluding hydrogens is 383 g/mol. The first kappa shape index (κ1) is 19.8. The van der Waals surface area contributed by atoms with Crippen LogP contribution in [0.1, 0.15) is 25.6 Å². The Balaban J connectivity index is 1.66. The van der Waals surface area contributed by atoms with Crippen molar-refractivity contribution in [2.45, 2.75) is 32.7 Å². The molecule has 0 aliphatic rings. The van der Waals surface area contributed by atoms with E-state index >= 15 is 0 Å². The van der Waals surface area contributed by atoms with Gasteiger partial charge in [-0.3, -0.25) is 9.89 Å². The average molecular weight is 403 g/mol. The number of nitrogens with one attached hydrogen (secondary N) is 2. The Morgan fingerprint density at radius 2 is 2.24 bits per heavy atom. The molecule has 0 bridgehead atoms. The zero-order valence-corrected chi connectivity index (χ0v) is 16.2. The van der Waals surface area contributed by atoms with Crippen molar-refractivity contribution in [3.63, 3.8) is 0 Å². The number of carbonyl (C=O) groups excluding carboxylic acids is 1. The molecule has 136 valence electrons. The molecule has 25 heavy (non-hydrogen) atoms. The molecule has 2 aromatic rings. The highest BCUT2D eigenvalue weighted by atomic mass is 35.5. The van der Waals surface area contributed by atoms with Crippen molar-refractivity contribution in [1.29, 1.82) is 0 Å². The molecule has 1 aromatic heterocycles. The summed E-state index contributed by atoms with van der Waals surface area (Å²) in [6.45, 7) is 3.66. The fraction of sp³-hybridized carbons (Fsp3) is 0.438. The Bertz CT molecular complexity index is 776. The van der Waals surface area contributed by atoms with E-state index in [1.54, 1.807) is 18.2 Å². The van der Waals surface area contributed by atoms with Crippen molar-refractivity contribution in [2.24, 2.45) is 0 Å². The van der Waals surface area contributed by atoms with Gasteiger partial charge in [0.1, 0.15) is 16.6 Å². The molecule has 2 rings (SSSR count). The van der Waals surface area contributed by atoms with Crippen LogP contribution in [0.5, 0.6) is 5.75 Å². The van der Waals surface area contributed by atoms with Crippen LogP contribution in [0.3, 0.4) is 0 Å². The van der Waals surface area contributed by atoms with E-state index in [-0.39, 0.29) is 5.91 Å². The molecule has 0 saturated carbocycles. The van der Waals surface area contributed by atoms with E-state index in [4.69, 9.17) is 40.2 Å². The lowest BCUT2D eigenvalue weighted by Crippen LogP contribution is -2.26. The lowest BCUT2D eigenvalue weighted by Gasteiger charge is -2.09. The molecule has 0 radical (unpaired) electrons. The molecular formula is C16H20Cl2N4O2S. The third-order valence-corrected chi connectivity index (χ3v) is 4.66. The maximum atomic E-state index is 11.9. The smallest absolute Gasteiger partial charge is 0.220 e. The molecule has 1 heterocycles. The van der Waals surface area contributed by atoms with Gasteiger partial charge in [0, 0.05) is 25.9 Å². The molecule has 2 N–H and O–H groups in total. The lowest BCUT2D eigenvalue weighted by atomic mass is 10.3. The molecule has 1 aromatic carbocycles. The van der Waals surface area contributed by atoms with Crippen LogP contribution < -0.4 is 10.1 Å². The van der Waals surface area contributed by atoms with E-state index in [1.165, 1.54) is 0 Å². The fourth-order valence-corrected chi connectivity index (χ4v) is 2.91. The Kier molecular flexibility index (Phi) is 7.74. The number of aromatic amines is 1. The molecule has 0 atom stereocenters. The van der Waals surface area contributed by atoms with Crippen molar-refractivity contribution in [1.82, 2.24) is 20.1 Å². The number of H-pyrrole nitrogens is 1. The molecule has 0 fully saturated rings. The van der Waals surface area contributed by atoms with Gasteiger partial charge >= 0.3 is 0 Å². The zero-order chi connectivity index (χ0) is 18.2. The Hall–Kier alpha value is -1.57. The third kappa shape index (κ3) is 5.73. The first-order valence-corrected chi connectivity index (χ1v) is 9.17. The van der Waals surface area contributed by atoms with Gasteiger partial charge in [-0.1, -0.05) is 29.3 Å². The standard InChI is InChI=1S/C16H20Cl2N4O2S/c1-2-22-13(20-21-16(22)25)8-9-19-14(23)7-4-10-24-12-6-3-5-11(17)15(12)18/h3,5-6H,2,4,7-10H2,1H3,(H,19,23)(H,21,25). The maximum Gasteiger partial charge on any atom is 0.220 e. The van der Waals surface area contributed by atoms with Gasteiger partial charge in [0.25, 0.3) is 0 Å². The van der Waals surface area contributed by atoms with Crippen molar-refractivity contribution in [3.8, 4) is 5.75 Å². The fourth-order valence-electron chi connectivity index (χ4n) is 2.28. The number of ether oxygens (including phenoxy) is 1. The van der Waals surface area contributed by atoms with Gasteiger partial charge in [-0.25, -0.2) is 0 Å². The van der Waals surface area contributed by atoms with Gasteiger partial charge in [0.15, 0.2) is 4.77 Å². The number of nitrogens with zero attached hydrogens (tertiary/aromatic N) is 2. The van der Waals surface area contributed by atoms with E-state index in [1.807, 2.05) is 11.5 Å². The first-order chi connectivity index (χ1) is 12.0. The maximum absolute atomic E-state index is 11.9. The predicted molar refractivity (Wildman–Crippen MR) is 101 cm³/mol. The Morgan fingerprint density at radius 1 is 1.44 bits per heavy atom. The minimum absolute atomic E-state index is 0.0297. The second kappa shape index (κ2) is 9.79. The number of hydrogen-bond acceptors (Lipinski definition) is 4. The summed E-state index contributed by atoms with van der Waals surface area (Å²) in [6.07, 6.45) is 1.59. The summed E-state index contributed by atoms with van der Waals surface area (Å²) in [5.74, 6) is 1.33. The summed E-state index contributed by atoms with van der Waals surface area (Å²) >= 11 is 17.1. The van der Waals surface area contributed by atoms with Crippen LogP contribution in [0.2, 0.25) is 10.0 Å². The molecule has 6 nitrogen and oxygen atoms in total. The van der Waals surface area contributed by atoms with Crippen LogP contribution in [0.15, 0.2) is 18.2 Å². The Morgan fingerprint density at radius 3 is 3.00 bits per heavy atom. The second-order valence-electron chi connectivity index (χ2n) is 5.29. The molecule has 0 aliphatic carbocycles. The van der Waals surface area contributed by atoms with E-state index < -0.39 is 0 Å². The molecule has 0 saturated heterocycles. The number of amides is 1. The van der Waals surface area contributed by atoms with Crippen LogP contribution in [-0.2, 0) is 17.8 Å². The van der Waals surface area contributed by atoms with Crippen LogP contribution in [0.25, 0.3) is 0 Å². The summed E-state index contributed by atoms with van der Waals surface area (Å²) in [5.41, 5.74) is 0. The second-order valence-corrected chi connectivity index (χ2v) is 6.47. The largest absolute Gasteiger partial charge is 0.492 e. The highest BCUT2D eigenvalue weighted by Gasteiger charge is 2.07. The number of hydrogen-bond donors (Lipinski definition) is 2. The van der Waals surface area contributed by atoms with E-state index in [0.717, 1.165) is 12.4 Å². The number of carbonyl (C=O) groups is 1. The molecule has 1 amide bonds. The average Bonchev–Trinajstić information content (AvgIpc) is 2.95. The highest BCUT2D eigenvalue weighted by Crippen LogP contribution is 2.31. The highest BCUT2D eigenvalue weighted by molar-refractivity contribution is 7.71. The van der Waals surface area contributed by atoms with E-state index in [2.05, 4.69) is 15.5 Å². The number of aromatic nitrogens is 3. The summed E-state index contributed by atoms with van der Waals surface area (Å²) in [6, 6.07) is 5.21. The summed E-state index contributed by atoms with van der Waals surface area (Å²) in [4.78, 5) is 11.9. The molecule has 0 unspecified atom stereocenters. The summed E-state index contributed by atoms with van der Waals surface area (Å²) < 4.78 is 8.05. The van der Waals surface area contributed by atoms with Gasteiger partial charge in [-0.2, -0.15) is 5.10 Å². The van der Waals surface area contributed by atoms with Crippen molar-refractivity contribution < 1.29 is 9.53 Å². The summed E-state index contributed by atoms with van der Waals surface area (Å²) in [7, 11) is 0. The van der Waals surface area contributed by atoms with Gasteiger partial charge < -0.3 is 14.6 Å². The van der Waals surface area contributed by atoms with Crippen molar-refractivity contribution in [2.75, 3.05) is 13.2 Å². The minimum atomic E-state index is -0.0297. The lowest BCUT2D eigenvalue weighted by molar-refractivity contribution is -0.121. The third-order valence-electron chi connectivity index (χ3n) is 3.55. The SMILES string of the molecule is CCn1c(CCNC(=O)CCCOc2cccc(Cl)c2Cl)n[nH]c1=S. The van der Waals surface area contributed by atoms with Crippen LogP contribution in [0, 0.1) is 4.77 Å². The topological polar surface area (TPSA) is 71.9 Å². The summed E-state index contributed by atoms with van der Waals surface area (Å²) in [5, 5.41) is 10.6. The minimum Gasteiger partial charge on any atom is -0.492 e. The monoisotopic (exact) mass is 402 g/mol. The first-order valence-electron chi connectivity index (χ1n) is 8.00. The van der Waals surface area contributed by atoms with Gasteiger partial charge in [-0.15, -0.1) is 0 Å². The molecule has 9 heteroatoms. The van der Waals surface area contributed by atoms with Gasteiger partial charge in [-0.05, 0) is 37.7 Å². The molecule has 0 aliphatic heterocycles. The quantitative estimate of drug-likeness (QED) is 0.494. The number of benzene rings is 1. The van der Waals surface area contributed by atoms with Crippen molar-refractivity contribution in [3.05, 3.63) is 38.8 Å². The zero-order valence-electron chi connectivity index (χ0n) is 13.8. The van der Waals surface area contributed by atoms with Crippen LogP contribution in [0.4, 0.5) is 0 Å². The van der Waals surface area contributed by atoms with Gasteiger partial charge in [0.2, 0.25) is 5.91 Å². The predicted octanol–water partition coefficient (Wildman–Crippen LogP) is 3.79. The van der Waals surface area contributed by atoms with Crippen LogP contribution >= 0.6 is 35.4 Å². The van der Waals surface area contributed by atoms with Gasteiger partial charge in [0.05, 0.1) is 11.6 Å². The number of rotatable bonds is 9. The normalized spacial score (nSPS) is 10.7. The van der Waals surface area contributed by atoms with E-state index in [9.17, 15) is 4.79 Å². The molecule has 0 spiro atoms.